The normalized spacial score (nSPS) is 10.2. The molecule has 0 bridgehead atoms. The van der Waals surface area contributed by atoms with Gasteiger partial charge >= 0.3 is 5.97 Å². The van der Waals surface area contributed by atoms with Crippen molar-refractivity contribution in [2.45, 2.75) is 0 Å². The molecule has 0 radical (unpaired) electrons. The number of esters is 1. The third-order valence-electron chi connectivity index (χ3n) is 4.39. The number of benzene rings is 2. The largest absolute Gasteiger partial charge is 0.465 e. The van der Waals surface area contributed by atoms with Gasteiger partial charge in [0.05, 0.1) is 12.7 Å². The standard InChI is InChI=1S/C24H16N2O2/c1-28-24(27)22-14-21(13-20-10-12-26-16-23(20)22)19-8-6-17(7-9-19)4-5-18-3-2-11-25-15-18/h2-3,6-16H,1H3. The predicted octanol–water partition coefficient (Wildman–Crippen LogP) is 4.48. The third kappa shape index (κ3) is 3.60. The molecule has 4 heteroatoms. The lowest BCUT2D eigenvalue weighted by molar-refractivity contribution is 0.0603. The quantitative estimate of drug-likeness (QED) is 0.389. The second-order valence-corrected chi connectivity index (χ2v) is 6.18. The van der Waals surface area contributed by atoms with E-state index in [-0.39, 0.29) is 5.97 Å². The van der Waals surface area contributed by atoms with Crippen LogP contribution in [0.4, 0.5) is 0 Å². The van der Waals surface area contributed by atoms with Gasteiger partial charge in [-0.05, 0) is 59.0 Å². The Morgan fingerprint density at radius 1 is 0.857 bits per heavy atom. The van der Waals surface area contributed by atoms with E-state index in [2.05, 4.69) is 21.8 Å². The first-order chi connectivity index (χ1) is 13.7. The van der Waals surface area contributed by atoms with Crippen LogP contribution >= 0.6 is 0 Å². The Hall–Kier alpha value is -3.97. The zero-order valence-electron chi connectivity index (χ0n) is 15.2. The van der Waals surface area contributed by atoms with Gasteiger partial charge in [0.25, 0.3) is 0 Å². The Kier molecular flexibility index (Phi) is 4.81. The van der Waals surface area contributed by atoms with Crippen molar-refractivity contribution >= 4 is 16.7 Å². The van der Waals surface area contributed by atoms with Crippen molar-refractivity contribution in [3.8, 4) is 23.0 Å². The average Bonchev–Trinajstić information content (AvgIpc) is 2.77. The Morgan fingerprint density at radius 3 is 2.39 bits per heavy atom. The first-order valence-electron chi connectivity index (χ1n) is 8.73. The number of aromatic nitrogens is 2. The van der Waals surface area contributed by atoms with Crippen molar-refractivity contribution in [2.24, 2.45) is 0 Å². The molecule has 0 fully saturated rings. The molecule has 0 atom stereocenters. The van der Waals surface area contributed by atoms with E-state index in [1.807, 2.05) is 54.6 Å². The van der Waals surface area contributed by atoms with Gasteiger partial charge in [-0.1, -0.05) is 24.0 Å². The highest BCUT2D eigenvalue weighted by atomic mass is 16.5. The van der Waals surface area contributed by atoms with Crippen molar-refractivity contribution < 1.29 is 9.53 Å². The summed E-state index contributed by atoms with van der Waals surface area (Å²) in [6.45, 7) is 0. The Balaban J connectivity index is 1.71. The molecule has 0 aliphatic rings. The fourth-order valence-electron chi connectivity index (χ4n) is 2.97. The van der Waals surface area contributed by atoms with Crippen LogP contribution in [0.3, 0.4) is 0 Å². The molecule has 0 saturated heterocycles. The highest BCUT2D eigenvalue weighted by Gasteiger charge is 2.13. The van der Waals surface area contributed by atoms with Crippen molar-refractivity contribution in [1.29, 1.82) is 0 Å². The highest BCUT2D eigenvalue weighted by molar-refractivity contribution is 6.06. The molecule has 134 valence electrons. The molecule has 0 spiro atoms. The van der Waals surface area contributed by atoms with Gasteiger partial charge < -0.3 is 4.74 Å². The number of carbonyl (C=O) groups is 1. The van der Waals surface area contributed by atoms with Crippen molar-refractivity contribution in [1.82, 2.24) is 9.97 Å². The fraction of sp³-hybridized carbons (Fsp3) is 0.0417. The number of nitrogens with zero attached hydrogens (tertiary/aromatic N) is 2. The van der Waals surface area contributed by atoms with Crippen LogP contribution in [0, 0.1) is 11.8 Å². The molecular weight excluding hydrogens is 348 g/mol. The van der Waals surface area contributed by atoms with E-state index in [0.29, 0.717) is 5.56 Å². The number of hydrogen-bond donors (Lipinski definition) is 0. The summed E-state index contributed by atoms with van der Waals surface area (Å²) in [5, 5.41) is 1.71. The van der Waals surface area contributed by atoms with Gasteiger partial charge in [0.15, 0.2) is 0 Å². The number of methoxy groups -OCH3 is 1. The molecule has 0 saturated carbocycles. The van der Waals surface area contributed by atoms with Crippen LogP contribution in [0.2, 0.25) is 0 Å². The maximum atomic E-state index is 12.2. The molecule has 2 aromatic carbocycles. The summed E-state index contributed by atoms with van der Waals surface area (Å²) in [5.74, 6) is 5.85. The highest BCUT2D eigenvalue weighted by Crippen LogP contribution is 2.28. The summed E-state index contributed by atoms with van der Waals surface area (Å²) >= 11 is 0. The molecule has 0 amide bonds. The first-order valence-corrected chi connectivity index (χ1v) is 8.73. The van der Waals surface area contributed by atoms with E-state index in [1.54, 1.807) is 24.8 Å². The summed E-state index contributed by atoms with van der Waals surface area (Å²) < 4.78 is 4.94. The molecule has 2 heterocycles. The minimum atomic E-state index is -0.376. The van der Waals surface area contributed by atoms with Crippen LogP contribution in [0.15, 0.2) is 79.4 Å². The zero-order chi connectivity index (χ0) is 19.3. The Labute approximate surface area is 162 Å². The molecule has 2 aromatic heterocycles. The topological polar surface area (TPSA) is 52.1 Å². The number of fused-ring (bicyclic) bond motifs is 1. The molecule has 0 N–H and O–H groups in total. The summed E-state index contributed by atoms with van der Waals surface area (Å²) in [5.41, 5.74) is 4.22. The molecule has 0 aliphatic carbocycles. The van der Waals surface area contributed by atoms with Crippen LogP contribution in [0.25, 0.3) is 21.9 Å². The first kappa shape index (κ1) is 17.4. The van der Waals surface area contributed by atoms with E-state index in [0.717, 1.165) is 33.0 Å². The van der Waals surface area contributed by atoms with Gasteiger partial charge in [-0.2, -0.15) is 0 Å². The predicted molar refractivity (Wildman–Crippen MR) is 109 cm³/mol. The van der Waals surface area contributed by atoms with Crippen molar-refractivity contribution in [3.63, 3.8) is 0 Å². The minimum absolute atomic E-state index is 0.376. The van der Waals surface area contributed by atoms with Gasteiger partial charge in [-0.25, -0.2) is 4.79 Å². The molecule has 4 rings (SSSR count). The number of ether oxygens (including phenoxy) is 1. The lowest BCUT2D eigenvalue weighted by atomic mass is 9.97. The second kappa shape index (κ2) is 7.73. The number of rotatable bonds is 2. The second-order valence-electron chi connectivity index (χ2n) is 6.18. The SMILES string of the molecule is COC(=O)c1cc(-c2ccc(C#Cc3cccnc3)cc2)cc2ccncc12. The van der Waals surface area contributed by atoms with E-state index in [4.69, 9.17) is 4.74 Å². The van der Waals surface area contributed by atoms with Crippen LogP contribution in [-0.4, -0.2) is 23.0 Å². The van der Waals surface area contributed by atoms with Gasteiger partial charge in [-0.3, -0.25) is 9.97 Å². The smallest absolute Gasteiger partial charge is 0.338 e. The van der Waals surface area contributed by atoms with Gasteiger partial charge in [0.1, 0.15) is 0 Å². The lowest BCUT2D eigenvalue weighted by Crippen LogP contribution is -2.02. The maximum Gasteiger partial charge on any atom is 0.338 e. The minimum Gasteiger partial charge on any atom is -0.465 e. The number of carbonyl (C=O) groups excluding carboxylic acids is 1. The van der Waals surface area contributed by atoms with E-state index >= 15 is 0 Å². The zero-order valence-corrected chi connectivity index (χ0v) is 15.2. The van der Waals surface area contributed by atoms with E-state index in [9.17, 15) is 4.79 Å². The molecule has 4 nitrogen and oxygen atoms in total. The molecule has 4 aromatic rings. The van der Waals surface area contributed by atoms with Gasteiger partial charge in [0, 0.05) is 41.3 Å². The monoisotopic (exact) mass is 364 g/mol. The van der Waals surface area contributed by atoms with Crippen LogP contribution < -0.4 is 0 Å². The summed E-state index contributed by atoms with van der Waals surface area (Å²) in [6.07, 6.45) is 6.86. The third-order valence-corrected chi connectivity index (χ3v) is 4.39. The summed E-state index contributed by atoms with van der Waals surface area (Å²) in [7, 11) is 1.38. The van der Waals surface area contributed by atoms with Gasteiger partial charge in [-0.15, -0.1) is 0 Å². The van der Waals surface area contributed by atoms with Crippen molar-refractivity contribution in [2.75, 3.05) is 7.11 Å². The van der Waals surface area contributed by atoms with Crippen LogP contribution in [0.5, 0.6) is 0 Å². The maximum absolute atomic E-state index is 12.2. The lowest BCUT2D eigenvalue weighted by Gasteiger charge is -2.09. The van der Waals surface area contributed by atoms with Crippen molar-refractivity contribution in [3.05, 3.63) is 96.1 Å². The molecular formula is C24H16N2O2. The van der Waals surface area contributed by atoms with E-state index < -0.39 is 0 Å². The fourth-order valence-corrected chi connectivity index (χ4v) is 2.97. The number of hydrogen-bond acceptors (Lipinski definition) is 4. The molecule has 0 unspecified atom stereocenters. The summed E-state index contributed by atoms with van der Waals surface area (Å²) in [4.78, 5) is 20.4. The molecule has 0 aliphatic heterocycles. The number of pyridine rings is 2. The molecule has 28 heavy (non-hydrogen) atoms. The van der Waals surface area contributed by atoms with Crippen LogP contribution in [-0.2, 0) is 4.74 Å². The average molecular weight is 364 g/mol. The summed E-state index contributed by atoms with van der Waals surface area (Å²) in [6, 6.07) is 17.5. The Bertz CT molecular complexity index is 1200. The van der Waals surface area contributed by atoms with E-state index in [1.165, 1.54) is 7.11 Å². The van der Waals surface area contributed by atoms with Crippen LogP contribution in [0.1, 0.15) is 21.5 Å². The van der Waals surface area contributed by atoms with Gasteiger partial charge in [0.2, 0.25) is 0 Å². The Morgan fingerprint density at radius 2 is 1.64 bits per heavy atom.